The van der Waals surface area contributed by atoms with Crippen molar-refractivity contribution in [1.82, 2.24) is 0 Å². The van der Waals surface area contributed by atoms with Crippen LogP contribution in [0.15, 0.2) is 0 Å². The first-order chi connectivity index (χ1) is 13.7. The van der Waals surface area contributed by atoms with Gasteiger partial charge in [-0.25, -0.2) is 4.79 Å². The summed E-state index contributed by atoms with van der Waals surface area (Å²) in [6.45, 7) is 2.18. The van der Waals surface area contributed by atoms with Gasteiger partial charge in [0.25, 0.3) is 0 Å². The number of ether oxygens (including phenoxy) is 1. The number of fused-ring (bicyclic) bond motifs is 1. The molecule has 0 atom stereocenters. The number of thioether (sulfide) groups is 1. The Kier molecular flexibility index (Phi) is 8.71. The first kappa shape index (κ1) is 21.7. The first-order valence-electron chi connectivity index (χ1n) is 10.9. The normalized spacial score (nSPS) is 18.0. The van der Waals surface area contributed by atoms with Gasteiger partial charge in [-0.2, -0.15) is 11.8 Å². The zero-order valence-corrected chi connectivity index (χ0v) is 18.7. The van der Waals surface area contributed by atoms with Crippen LogP contribution < -0.4 is 5.32 Å². The fraction of sp³-hybridized carbons (Fsp3) is 0.727. The van der Waals surface area contributed by atoms with Gasteiger partial charge in [0, 0.05) is 22.3 Å². The molecule has 1 saturated carbocycles. The highest BCUT2D eigenvalue weighted by atomic mass is 32.2. The lowest BCUT2D eigenvalue weighted by atomic mass is 9.96. The number of amides is 1. The Balaban J connectivity index is 1.64. The van der Waals surface area contributed by atoms with Gasteiger partial charge in [0.2, 0.25) is 5.91 Å². The maximum Gasteiger partial charge on any atom is 0.341 e. The summed E-state index contributed by atoms with van der Waals surface area (Å²) in [5, 5.41) is 4.48. The predicted octanol–water partition coefficient (Wildman–Crippen LogP) is 5.98. The molecule has 0 saturated heterocycles. The average molecular weight is 424 g/mol. The summed E-state index contributed by atoms with van der Waals surface area (Å²) in [7, 11) is 0. The van der Waals surface area contributed by atoms with Gasteiger partial charge in [0.1, 0.15) is 5.00 Å². The van der Waals surface area contributed by atoms with E-state index in [1.54, 1.807) is 11.3 Å². The number of rotatable bonds is 7. The molecule has 1 aromatic heterocycles. The van der Waals surface area contributed by atoms with Crippen molar-refractivity contribution in [2.24, 2.45) is 0 Å². The minimum atomic E-state index is -0.285. The fourth-order valence-corrected chi connectivity index (χ4v) is 6.76. The lowest BCUT2D eigenvalue weighted by molar-refractivity contribution is -0.115. The molecule has 28 heavy (non-hydrogen) atoms. The second-order valence-electron chi connectivity index (χ2n) is 7.77. The van der Waals surface area contributed by atoms with E-state index in [2.05, 4.69) is 5.32 Å². The summed E-state index contributed by atoms with van der Waals surface area (Å²) in [4.78, 5) is 26.5. The third-order valence-corrected chi connectivity index (χ3v) is 8.23. The number of hydrogen-bond donors (Lipinski definition) is 1. The van der Waals surface area contributed by atoms with Crippen molar-refractivity contribution < 1.29 is 14.3 Å². The molecule has 4 nitrogen and oxygen atoms in total. The highest BCUT2D eigenvalue weighted by Gasteiger charge is 2.26. The van der Waals surface area contributed by atoms with E-state index in [0.29, 0.717) is 23.6 Å². The largest absolute Gasteiger partial charge is 0.462 e. The molecular formula is C22H33NO3S2. The Bertz CT molecular complexity index is 665. The van der Waals surface area contributed by atoms with E-state index in [1.807, 2.05) is 18.7 Å². The van der Waals surface area contributed by atoms with E-state index in [9.17, 15) is 9.59 Å². The highest BCUT2D eigenvalue weighted by Crippen LogP contribution is 2.38. The second-order valence-corrected chi connectivity index (χ2v) is 10.3. The topological polar surface area (TPSA) is 55.4 Å². The number of nitrogens with one attached hydrogen (secondary N) is 1. The van der Waals surface area contributed by atoms with E-state index in [1.165, 1.54) is 49.8 Å². The SMILES string of the molecule is CCOC(=O)c1c(NC(=O)CCSC2CCCCC2)sc2c1CCCCCC2. The van der Waals surface area contributed by atoms with Crippen LogP contribution in [0.4, 0.5) is 5.00 Å². The first-order valence-corrected chi connectivity index (χ1v) is 12.8. The number of carbonyl (C=O) groups is 2. The summed E-state index contributed by atoms with van der Waals surface area (Å²) in [5.41, 5.74) is 1.74. The predicted molar refractivity (Wildman–Crippen MR) is 119 cm³/mol. The molecule has 1 N–H and O–H groups in total. The molecule has 2 aliphatic rings. The minimum Gasteiger partial charge on any atom is -0.462 e. The standard InChI is InChI=1S/C22H33NO3S2/c1-2-26-22(25)20-17-12-8-3-4-9-13-18(17)28-21(20)23-19(24)14-15-27-16-10-6-5-7-11-16/h16H,2-15H2,1H3,(H,23,24). The van der Waals surface area contributed by atoms with Crippen LogP contribution in [0.2, 0.25) is 0 Å². The van der Waals surface area contributed by atoms with Crippen molar-refractivity contribution in [2.45, 2.75) is 89.2 Å². The number of esters is 1. The van der Waals surface area contributed by atoms with Crippen LogP contribution in [0.1, 0.15) is 91.9 Å². The van der Waals surface area contributed by atoms with E-state index in [4.69, 9.17) is 4.74 Å². The Morgan fingerprint density at radius 2 is 1.79 bits per heavy atom. The molecule has 3 rings (SSSR count). The molecule has 1 aromatic rings. The van der Waals surface area contributed by atoms with Crippen LogP contribution in [0, 0.1) is 0 Å². The van der Waals surface area contributed by atoms with Crippen LogP contribution in [-0.2, 0) is 22.4 Å². The van der Waals surface area contributed by atoms with Crippen molar-refractivity contribution >= 4 is 40.0 Å². The van der Waals surface area contributed by atoms with Gasteiger partial charge in [0.05, 0.1) is 12.2 Å². The molecule has 0 radical (unpaired) electrons. The molecule has 0 bridgehead atoms. The Morgan fingerprint density at radius 1 is 1.07 bits per heavy atom. The Morgan fingerprint density at radius 3 is 2.54 bits per heavy atom. The fourth-order valence-electron chi connectivity index (χ4n) is 4.17. The van der Waals surface area contributed by atoms with Crippen LogP contribution in [0.5, 0.6) is 0 Å². The maximum absolute atomic E-state index is 12.6. The summed E-state index contributed by atoms with van der Waals surface area (Å²) in [6.07, 6.45) is 13.7. The zero-order chi connectivity index (χ0) is 19.8. The number of carbonyl (C=O) groups excluding carboxylic acids is 2. The molecule has 0 spiro atoms. The van der Waals surface area contributed by atoms with Gasteiger partial charge in [-0.15, -0.1) is 11.3 Å². The van der Waals surface area contributed by atoms with Crippen LogP contribution in [-0.4, -0.2) is 29.5 Å². The smallest absolute Gasteiger partial charge is 0.341 e. The molecule has 2 aliphatic carbocycles. The monoisotopic (exact) mass is 423 g/mol. The van der Waals surface area contributed by atoms with Crippen molar-refractivity contribution in [3.8, 4) is 0 Å². The van der Waals surface area contributed by atoms with Crippen molar-refractivity contribution in [3.63, 3.8) is 0 Å². The zero-order valence-electron chi connectivity index (χ0n) is 17.0. The highest BCUT2D eigenvalue weighted by molar-refractivity contribution is 7.99. The summed E-state index contributed by atoms with van der Waals surface area (Å²) in [5.74, 6) is 0.589. The quantitative estimate of drug-likeness (QED) is 0.548. The van der Waals surface area contributed by atoms with Crippen LogP contribution in [0.3, 0.4) is 0 Å². The van der Waals surface area contributed by atoms with Gasteiger partial charge >= 0.3 is 5.97 Å². The summed E-state index contributed by atoms with van der Waals surface area (Å²) >= 11 is 3.53. The number of thiophene rings is 1. The molecule has 1 fully saturated rings. The number of hydrogen-bond acceptors (Lipinski definition) is 5. The van der Waals surface area contributed by atoms with E-state index in [-0.39, 0.29) is 11.9 Å². The molecule has 6 heteroatoms. The van der Waals surface area contributed by atoms with Crippen LogP contribution in [0.25, 0.3) is 0 Å². The van der Waals surface area contributed by atoms with Gasteiger partial charge in [-0.3, -0.25) is 4.79 Å². The maximum atomic E-state index is 12.6. The summed E-state index contributed by atoms with van der Waals surface area (Å²) < 4.78 is 5.32. The van der Waals surface area contributed by atoms with Crippen molar-refractivity contribution in [1.29, 1.82) is 0 Å². The minimum absolute atomic E-state index is 0.0167. The lowest BCUT2D eigenvalue weighted by Crippen LogP contribution is -2.16. The summed E-state index contributed by atoms with van der Waals surface area (Å²) in [6, 6.07) is 0. The number of anilines is 1. The Labute approximate surface area is 177 Å². The Hall–Kier alpha value is -1.01. The van der Waals surface area contributed by atoms with Crippen molar-refractivity contribution in [2.75, 3.05) is 17.7 Å². The molecule has 156 valence electrons. The van der Waals surface area contributed by atoms with E-state index < -0.39 is 0 Å². The third kappa shape index (κ3) is 5.99. The molecule has 1 heterocycles. The van der Waals surface area contributed by atoms with Gasteiger partial charge in [-0.1, -0.05) is 32.1 Å². The van der Waals surface area contributed by atoms with Gasteiger partial charge < -0.3 is 10.1 Å². The molecule has 0 aromatic carbocycles. The van der Waals surface area contributed by atoms with E-state index in [0.717, 1.165) is 42.2 Å². The molecule has 1 amide bonds. The lowest BCUT2D eigenvalue weighted by Gasteiger charge is -2.20. The molecule has 0 unspecified atom stereocenters. The van der Waals surface area contributed by atoms with E-state index >= 15 is 0 Å². The molecular weight excluding hydrogens is 390 g/mol. The van der Waals surface area contributed by atoms with Gasteiger partial charge in [-0.05, 0) is 51.0 Å². The second kappa shape index (κ2) is 11.2. The van der Waals surface area contributed by atoms with Crippen molar-refractivity contribution in [3.05, 3.63) is 16.0 Å². The third-order valence-electron chi connectivity index (χ3n) is 5.64. The number of aryl methyl sites for hydroxylation is 1. The average Bonchev–Trinajstić information content (AvgIpc) is 2.99. The molecule has 0 aliphatic heterocycles. The van der Waals surface area contributed by atoms with Crippen LogP contribution >= 0.6 is 23.1 Å². The van der Waals surface area contributed by atoms with Gasteiger partial charge in [0.15, 0.2) is 0 Å².